The van der Waals surface area contributed by atoms with Gasteiger partial charge in [0.05, 0.1) is 29.3 Å². The molecule has 4 rings (SSSR count). The lowest BCUT2D eigenvalue weighted by atomic mass is 9.82. The van der Waals surface area contributed by atoms with Crippen LogP contribution in [0.5, 0.6) is 0 Å². The number of nitrogens with one attached hydrogen (secondary N) is 1. The van der Waals surface area contributed by atoms with Gasteiger partial charge in [0, 0.05) is 25.2 Å². The van der Waals surface area contributed by atoms with Gasteiger partial charge in [-0.15, -0.1) is 0 Å². The van der Waals surface area contributed by atoms with Gasteiger partial charge in [-0.3, -0.25) is 9.48 Å². The molecule has 1 saturated carbocycles. The molecule has 1 aliphatic carbocycles. The maximum absolute atomic E-state index is 13.2. The number of carbonyl (C=O) groups is 1. The van der Waals surface area contributed by atoms with Crippen LogP contribution in [-0.4, -0.2) is 21.7 Å². The fourth-order valence-electron chi connectivity index (χ4n) is 4.36. The Kier molecular flexibility index (Phi) is 6.62. The molecular formula is C25H26FN5O. The van der Waals surface area contributed by atoms with Gasteiger partial charge in [0.15, 0.2) is 0 Å². The number of amides is 1. The summed E-state index contributed by atoms with van der Waals surface area (Å²) in [5.41, 5.74) is 8.54. The van der Waals surface area contributed by atoms with Gasteiger partial charge in [-0.05, 0) is 42.5 Å². The number of hydrogen-bond acceptors (Lipinski definition) is 4. The Bertz CT molecular complexity index is 1100. The van der Waals surface area contributed by atoms with Crippen LogP contribution >= 0.6 is 0 Å². The van der Waals surface area contributed by atoms with Crippen LogP contribution in [0.15, 0.2) is 60.8 Å². The molecular weight excluding hydrogens is 405 g/mol. The molecule has 1 fully saturated rings. The summed E-state index contributed by atoms with van der Waals surface area (Å²) in [4.78, 5) is 12.1. The van der Waals surface area contributed by atoms with Crippen LogP contribution in [-0.2, 0) is 13.0 Å². The van der Waals surface area contributed by atoms with Crippen LogP contribution in [0.25, 0.3) is 0 Å². The van der Waals surface area contributed by atoms with E-state index in [-0.39, 0.29) is 23.8 Å². The summed E-state index contributed by atoms with van der Waals surface area (Å²) in [5, 5.41) is 18.0. The van der Waals surface area contributed by atoms with Gasteiger partial charge >= 0.3 is 0 Å². The standard InChI is InChI=1S/C25H26FN5O/c26-20-9-6-17(7-10-20)12-23-22(25(28)32)16-31(30-23)24-13-21(11-8-19(24)14-27)29-15-18-4-2-1-3-5-18/h1-7,9-10,16,19,21,24,29H,8,11-13,15H2,(H2,28,32)/t19-,21-,24+/m1/s1. The highest BCUT2D eigenvalue weighted by atomic mass is 19.1. The minimum Gasteiger partial charge on any atom is -0.365 e. The first-order valence-electron chi connectivity index (χ1n) is 10.8. The predicted molar refractivity (Wildman–Crippen MR) is 119 cm³/mol. The second-order valence-electron chi connectivity index (χ2n) is 8.32. The zero-order valence-corrected chi connectivity index (χ0v) is 17.7. The largest absolute Gasteiger partial charge is 0.365 e. The van der Waals surface area contributed by atoms with Crippen molar-refractivity contribution in [1.82, 2.24) is 15.1 Å². The van der Waals surface area contributed by atoms with Crippen LogP contribution in [0, 0.1) is 23.1 Å². The lowest BCUT2D eigenvalue weighted by Gasteiger charge is -2.33. The summed E-state index contributed by atoms with van der Waals surface area (Å²) >= 11 is 0. The van der Waals surface area contributed by atoms with E-state index < -0.39 is 5.91 Å². The molecule has 1 heterocycles. The third-order valence-corrected chi connectivity index (χ3v) is 6.12. The number of benzene rings is 2. The molecule has 164 valence electrons. The first-order valence-corrected chi connectivity index (χ1v) is 10.8. The maximum Gasteiger partial charge on any atom is 0.252 e. The average molecular weight is 432 g/mol. The Hall–Kier alpha value is -3.50. The van der Waals surface area contributed by atoms with Crippen molar-refractivity contribution >= 4 is 5.91 Å². The Balaban J connectivity index is 1.53. The molecule has 1 amide bonds. The number of hydrogen-bond donors (Lipinski definition) is 2. The number of nitriles is 1. The Morgan fingerprint density at radius 2 is 1.91 bits per heavy atom. The summed E-state index contributed by atoms with van der Waals surface area (Å²) in [7, 11) is 0. The highest BCUT2D eigenvalue weighted by Gasteiger charge is 2.33. The van der Waals surface area contributed by atoms with E-state index >= 15 is 0 Å². The fraction of sp³-hybridized carbons (Fsp3) is 0.320. The molecule has 32 heavy (non-hydrogen) atoms. The van der Waals surface area contributed by atoms with Crippen molar-refractivity contribution in [2.45, 2.75) is 44.3 Å². The molecule has 3 aromatic rings. The van der Waals surface area contributed by atoms with Crippen molar-refractivity contribution in [3.05, 3.63) is 89.0 Å². The highest BCUT2D eigenvalue weighted by molar-refractivity contribution is 5.93. The average Bonchev–Trinajstić information content (AvgIpc) is 3.23. The number of aromatic nitrogens is 2. The minimum absolute atomic E-state index is 0.151. The number of carbonyl (C=O) groups excluding carboxylic acids is 1. The predicted octanol–water partition coefficient (Wildman–Crippen LogP) is 3.74. The number of rotatable bonds is 7. The lowest BCUT2D eigenvalue weighted by Crippen LogP contribution is -2.38. The summed E-state index contributed by atoms with van der Waals surface area (Å²) in [6.45, 7) is 0.761. The Morgan fingerprint density at radius 1 is 1.16 bits per heavy atom. The van der Waals surface area contributed by atoms with E-state index in [0.717, 1.165) is 31.4 Å². The van der Waals surface area contributed by atoms with E-state index in [1.54, 1.807) is 23.0 Å². The zero-order valence-electron chi connectivity index (χ0n) is 17.7. The van der Waals surface area contributed by atoms with E-state index in [0.29, 0.717) is 17.7 Å². The van der Waals surface area contributed by atoms with Gasteiger partial charge in [0.25, 0.3) is 5.91 Å². The van der Waals surface area contributed by atoms with Crippen molar-refractivity contribution in [2.75, 3.05) is 0 Å². The van der Waals surface area contributed by atoms with Gasteiger partial charge in [0.2, 0.25) is 0 Å². The van der Waals surface area contributed by atoms with E-state index in [9.17, 15) is 14.4 Å². The number of nitrogens with zero attached hydrogens (tertiary/aromatic N) is 3. The molecule has 2 aromatic carbocycles. The third-order valence-electron chi connectivity index (χ3n) is 6.12. The van der Waals surface area contributed by atoms with E-state index in [4.69, 9.17) is 5.73 Å². The van der Waals surface area contributed by atoms with Crippen LogP contribution in [0.4, 0.5) is 4.39 Å². The minimum atomic E-state index is -0.559. The number of primary amides is 1. The van der Waals surface area contributed by atoms with Crippen molar-refractivity contribution < 1.29 is 9.18 Å². The molecule has 0 radical (unpaired) electrons. The molecule has 1 aromatic heterocycles. The van der Waals surface area contributed by atoms with Crippen LogP contribution in [0.3, 0.4) is 0 Å². The van der Waals surface area contributed by atoms with Crippen LogP contribution in [0.2, 0.25) is 0 Å². The zero-order chi connectivity index (χ0) is 22.5. The summed E-state index contributed by atoms with van der Waals surface area (Å²) in [6.07, 6.45) is 4.43. The van der Waals surface area contributed by atoms with Crippen molar-refractivity contribution in [3.8, 4) is 6.07 Å². The normalized spacial score (nSPS) is 20.6. The second-order valence-corrected chi connectivity index (χ2v) is 8.32. The van der Waals surface area contributed by atoms with E-state index in [2.05, 4.69) is 28.6 Å². The molecule has 0 unspecified atom stereocenters. The third kappa shape index (κ3) is 5.04. The fourth-order valence-corrected chi connectivity index (χ4v) is 4.36. The monoisotopic (exact) mass is 431 g/mol. The van der Waals surface area contributed by atoms with Crippen molar-refractivity contribution in [2.24, 2.45) is 11.7 Å². The van der Waals surface area contributed by atoms with Gasteiger partial charge in [-0.2, -0.15) is 10.4 Å². The van der Waals surface area contributed by atoms with Crippen LogP contribution < -0.4 is 11.1 Å². The molecule has 0 bridgehead atoms. The molecule has 0 spiro atoms. The topological polar surface area (TPSA) is 96.7 Å². The molecule has 3 N–H and O–H groups in total. The first kappa shape index (κ1) is 21.7. The molecule has 6 nitrogen and oxygen atoms in total. The van der Waals surface area contributed by atoms with Gasteiger partial charge in [-0.1, -0.05) is 42.5 Å². The summed E-state index contributed by atoms with van der Waals surface area (Å²) < 4.78 is 15.0. The Morgan fingerprint density at radius 3 is 2.59 bits per heavy atom. The smallest absolute Gasteiger partial charge is 0.252 e. The molecule has 0 saturated heterocycles. The summed E-state index contributed by atoms with van der Waals surface area (Å²) in [5.74, 6) is -1.07. The quantitative estimate of drug-likeness (QED) is 0.596. The molecule has 3 atom stereocenters. The SMILES string of the molecule is N#C[C@H]1CC[C@@H](NCc2ccccc2)C[C@@H]1n1cc(C(N)=O)c(Cc2ccc(F)cc2)n1. The van der Waals surface area contributed by atoms with Crippen molar-refractivity contribution in [3.63, 3.8) is 0 Å². The highest BCUT2D eigenvalue weighted by Crippen LogP contribution is 2.34. The van der Waals surface area contributed by atoms with Gasteiger partial charge in [0.1, 0.15) is 5.82 Å². The molecule has 1 aliphatic rings. The molecule has 0 aliphatic heterocycles. The van der Waals surface area contributed by atoms with Gasteiger partial charge in [-0.25, -0.2) is 4.39 Å². The van der Waals surface area contributed by atoms with E-state index in [1.165, 1.54) is 17.7 Å². The first-order chi connectivity index (χ1) is 15.5. The van der Waals surface area contributed by atoms with Crippen LogP contribution in [0.1, 0.15) is 52.5 Å². The number of nitrogens with two attached hydrogens (primary N) is 1. The van der Waals surface area contributed by atoms with E-state index in [1.807, 2.05) is 18.2 Å². The second kappa shape index (κ2) is 9.75. The summed E-state index contributed by atoms with van der Waals surface area (Å²) in [6, 6.07) is 18.8. The Labute approximate surface area is 186 Å². The number of halogens is 1. The maximum atomic E-state index is 13.2. The van der Waals surface area contributed by atoms with Gasteiger partial charge < -0.3 is 11.1 Å². The van der Waals surface area contributed by atoms with Crippen molar-refractivity contribution in [1.29, 1.82) is 5.26 Å². The molecule has 7 heteroatoms. The lowest BCUT2D eigenvalue weighted by molar-refractivity contribution is 0.0999.